The van der Waals surface area contributed by atoms with E-state index in [9.17, 15) is 4.79 Å². The Balaban J connectivity index is 1.80. The summed E-state index contributed by atoms with van der Waals surface area (Å²) in [7, 11) is 2.10. The summed E-state index contributed by atoms with van der Waals surface area (Å²) in [5.74, 6) is 0.372. The van der Waals surface area contributed by atoms with Gasteiger partial charge in [-0.05, 0) is 31.8 Å². The zero-order valence-corrected chi connectivity index (χ0v) is 12.2. The fourth-order valence-electron chi connectivity index (χ4n) is 2.94. The van der Waals surface area contributed by atoms with Crippen LogP contribution in [-0.4, -0.2) is 42.0 Å². The van der Waals surface area contributed by atoms with Gasteiger partial charge >= 0.3 is 0 Å². The van der Waals surface area contributed by atoms with Crippen LogP contribution in [0.5, 0.6) is 0 Å². The van der Waals surface area contributed by atoms with Gasteiger partial charge in [-0.3, -0.25) is 4.79 Å². The van der Waals surface area contributed by atoms with Gasteiger partial charge in [-0.2, -0.15) is 0 Å². The van der Waals surface area contributed by atoms with Crippen molar-refractivity contribution in [3.8, 4) is 0 Å². The number of hydrogen-bond acceptors (Lipinski definition) is 4. The standard InChI is InChI=1S/C16H20N4O/c1-20-8-4-5-11(20)9-19-16(21)14-10-18-15(17)13-7-3-2-6-12(13)14/h2-3,6-7,10-11H,4-5,8-9H2,1H3,(H2,17,18)(H,19,21). The van der Waals surface area contributed by atoms with E-state index in [1.807, 2.05) is 24.3 Å². The molecule has 5 heteroatoms. The molecule has 5 nitrogen and oxygen atoms in total. The Bertz CT molecular complexity index is 670. The molecule has 1 aliphatic rings. The Hall–Kier alpha value is -2.14. The lowest BCUT2D eigenvalue weighted by atomic mass is 10.1. The maximum Gasteiger partial charge on any atom is 0.253 e. The fraction of sp³-hybridized carbons (Fsp3) is 0.375. The number of likely N-dealkylation sites (N-methyl/N-ethyl adjacent to an activating group) is 1. The number of nitrogens with zero attached hydrogens (tertiary/aromatic N) is 2. The topological polar surface area (TPSA) is 71.2 Å². The summed E-state index contributed by atoms with van der Waals surface area (Å²) >= 11 is 0. The van der Waals surface area contributed by atoms with E-state index in [1.54, 1.807) is 6.20 Å². The van der Waals surface area contributed by atoms with E-state index < -0.39 is 0 Å². The van der Waals surface area contributed by atoms with Crippen molar-refractivity contribution < 1.29 is 4.79 Å². The van der Waals surface area contributed by atoms with Gasteiger partial charge in [-0.1, -0.05) is 24.3 Å². The molecule has 0 aliphatic carbocycles. The molecule has 2 aromatic rings. The first kappa shape index (κ1) is 13.8. The molecule has 3 N–H and O–H groups in total. The molecule has 2 heterocycles. The van der Waals surface area contributed by atoms with Crippen molar-refractivity contribution in [1.82, 2.24) is 15.2 Å². The number of nitrogens with two attached hydrogens (primary N) is 1. The number of nitrogen functional groups attached to an aromatic ring is 1. The number of anilines is 1. The quantitative estimate of drug-likeness (QED) is 0.899. The third-order valence-electron chi connectivity index (χ3n) is 4.24. The van der Waals surface area contributed by atoms with Crippen LogP contribution in [0.3, 0.4) is 0 Å². The van der Waals surface area contributed by atoms with Gasteiger partial charge in [-0.15, -0.1) is 0 Å². The number of aromatic nitrogens is 1. The van der Waals surface area contributed by atoms with E-state index in [2.05, 4.69) is 22.2 Å². The van der Waals surface area contributed by atoms with Gasteiger partial charge in [0.05, 0.1) is 5.56 Å². The Labute approximate surface area is 124 Å². The molecule has 1 aromatic carbocycles. The lowest BCUT2D eigenvalue weighted by molar-refractivity contribution is 0.0945. The predicted octanol–water partition coefficient (Wildman–Crippen LogP) is 1.64. The summed E-state index contributed by atoms with van der Waals surface area (Å²) < 4.78 is 0. The van der Waals surface area contributed by atoms with Crippen LogP contribution >= 0.6 is 0 Å². The van der Waals surface area contributed by atoms with Crippen molar-refractivity contribution >= 4 is 22.5 Å². The highest BCUT2D eigenvalue weighted by molar-refractivity contribution is 6.08. The van der Waals surface area contributed by atoms with E-state index >= 15 is 0 Å². The van der Waals surface area contributed by atoms with Gasteiger partial charge < -0.3 is 16.0 Å². The Morgan fingerprint density at radius 1 is 1.43 bits per heavy atom. The summed E-state index contributed by atoms with van der Waals surface area (Å²) in [6.07, 6.45) is 3.90. The summed E-state index contributed by atoms with van der Waals surface area (Å²) in [5.41, 5.74) is 6.45. The molecule has 0 bridgehead atoms. The van der Waals surface area contributed by atoms with Gasteiger partial charge in [0.25, 0.3) is 5.91 Å². The molecule has 0 spiro atoms. The molecule has 0 radical (unpaired) electrons. The molecular formula is C16H20N4O. The van der Waals surface area contributed by atoms with E-state index in [4.69, 9.17) is 5.73 Å². The molecule has 1 unspecified atom stereocenters. The first-order chi connectivity index (χ1) is 10.2. The van der Waals surface area contributed by atoms with Crippen LogP contribution in [0.2, 0.25) is 0 Å². The molecule has 3 rings (SSSR count). The van der Waals surface area contributed by atoms with Crippen LogP contribution in [0.25, 0.3) is 10.8 Å². The average molecular weight is 284 g/mol. The number of hydrogen-bond donors (Lipinski definition) is 2. The molecule has 110 valence electrons. The number of pyridine rings is 1. The third-order valence-corrected chi connectivity index (χ3v) is 4.24. The minimum absolute atomic E-state index is 0.0843. The van der Waals surface area contributed by atoms with Crippen LogP contribution in [0.15, 0.2) is 30.5 Å². The Morgan fingerprint density at radius 3 is 2.90 bits per heavy atom. The van der Waals surface area contributed by atoms with Gasteiger partial charge in [0.1, 0.15) is 5.82 Å². The van der Waals surface area contributed by atoms with Crippen LogP contribution in [-0.2, 0) is 0 Å². The summed E-state index contributed by atoms with van der Waals surface area (Å²) in [6, 6.07) is 8.03. The first-order valence-electron chi connectivity index (χ1n) is 7.28. The zero-order chi connectivity index (χ0) is 14.8. The monoisotopic (exact) mass is 284 g/mol. The number of carbonyl (C=O) groups is 1. The molecule has 0 saturated carbocycles. The van der Waals surface area contributed by atoms with E-state index in [-0.39, 0.29) is 5.91 Å². The lowest BCUT2D eigenvalue weighted by Gasteiger charge is -2.19. The fourth-order valence-corrected chi connectivity index (χ4v) is 2.94. The van der Waals surface area contributed by atoms with E-state index in [1.165, 1.54) is 6.42 Å². The zero-order valence-electron chi connectivity index (χ0n) is 12.2. The summed E-state index contributed by atoms with van der Waals surface area (Å²) in [4.78, 5) is 18.8. The van der Waals surface area contributed by atoms with E-state index in [0.29, 0.717) is 24.0 Å². The number of rotatable bonds is 3. The highest BCUT2D eigenvalue weighted by atomic mass is 16.1. The Morgan fingerprint density at radius 2 is 2.19 bits per heavy atom. The minimum atomic E-state index is -0.0843. The molecule has 21 heavy (non-hydrogen) atoms. The number of likely N-dealkylation sites (tertiary alicyclic amines) is 1. The van der Waals surface area contributed by atoms with Crippen LogP contribution < -0.4 is 11.1 Å². The van der Waals surface area contributed by atoms with Crippen molar-refractivity contribution in [2.75, 3.05) is 25.9 Å². The minimum Gasteiger partial charge on any atom is -0.383 e. The number of carbonyl (C=O) groups excluding carboxylic acids is 1. The maximum atomic E-state index is 12.4. The molecule has 1 aromatic heterocycles. The second kappa shape index (κ2) is 5.69. The van der Waals surface area contributed by atoms with Crippen molar-refractivity contribution in [3.05, 3.63) is 36.0 Å². The van der Waals surface area contributed by atoms with Gasteiger partial charge in [-0.25, -0.2) is 4.98 Å². The second-order valence-corrected chi connectivity index (χ2v) is 5.59. The smallest absolute Gasteiger partial charge is 0.253 e. The lowest BCUT2D eigenvalue weighted by Crippen LogP contribution is -2.38. The van der Waals surface area contributed by atoms with Crippen LogP contribution in [0.1, 0.15) is 23.2 Å². The second-order valence-electron chi connectivity index (χ2n) is 5.59. The van der Waals surface area contributed by atoms with Crippen molar-refractivity contribution in [3.63, 3.8) is 0 Å². The van der Waals surface area contributed by atoms with Crippen LogP contribution in [0, 0.1) is 0 Å². The molecule has 1 aliphatic heterocycles. The average Bonchev–Trinajstić information content (AvgIpc) is 2.91. The molecule has 1 saturated heterocycles. The summed E-state index contributed by atoms with van der Waals surface area (Å²) in [6.45, 7) is 1.78. The predicted molar refractivity (Wildman–Crippen MR) is 84.1 cm³/mol. The van der Waals surface area contributed by atoms with Gasteiger partial charge in [0.15, 0.2) is 0 Å². The van der Waals surface area contributed by atoms with Gasteiger partial charge in [0.2, 0.25) is 0 Å². The number of benzene rings is 1. The highest BCUT2D eigenvalue weighted by Crippen LogP contribution is 2.22. The maximum absolute atomic E-state index is 12.4. The molecule has 1 atom stereocenters. The molecule has 1 amide bonds. The number of fused-ring (bicyclic) bond motifs is 1. The van der Waals surface area contributed by atoms with Crippen molar-refractivity contribution in [2.24, 2.45) is 0 Å². The SMILES string of the molecule is CN1CCCC1CNC(=O)c1cnc(N)c2ccccc12. The first-order valence-corrected chi connectivity index (χ1v) is 7.28. The van der Waals surface area contributed by atoms with Gasteiger partial charge in [0, 0.05) is 24.2 Å². The van der Waals surface area contributed by atoms with Crippen molar-refractivity contribution in [1.29, 1.82) is 0 Å². The normalized spacial score (nSPS) is 19.0. The van der Waals surface area contributed by atoms with Crippen molar-refractivity contribution in [2.45, 2.75) is 18.9 Å². The van der Waals surface area contributed by atoms with Crippen LogP contribution in [0.4, 0.5) is 5.82 Å². The molecular weight excluding hydrogens is 264 g/mol. The summed E-state index contributed by atoms with van der Waals surface area (Å²) in [5, 5.41) is 4.69. The number of amides is 1. The van der Waals surface area contributed by atoms with E-state index in [0.717, 1.165) is 23.7 Å². The Kier molecular flexibility index (Phi) is 3.75. The largest absolute Gasteiger partial charge is 0.383 e. The third kappa shape index (κ3) is 2.69. The molecule has 1 fully saturated rings. The highest BCUT2D eigenvalue weighted by Gasteiger charge is 2.21. The number of nitrogens with one attached hydrogen (secondary N) is 1.